The van der Waals surface area contributed by atoms with E-state index in [9.17, 15) is 9.59 Å². The maximum Gasteiger partial charge on any atom is 0.344 e. The first kappa shape index (κ1) is 24.5. The Bertz CT molecular complexity index is 1100. The highest BCUT2D eigenvalue weighted by molar-refractivity contribution is 5.84. The number of carbonyl (C=O) groups is 1. The second-order valence-corrected chi connectivity index (χ2v) is 8.84. The molecule has 33 heavy (non-hydrogen) atoms. The SMILES string of the molecule is CCC(C)(C)C(=O)OCCCCCCCOc1nccc2cc(-c3ccccc3)c(=O)oc12. The van der Waals surface area contributed by atoms with Crippen LogP contribution in [0.1, 0.15) is 59.3 Å². The van der Waals surface area contributed by atoms with Crippen LogP contribution in [0.15, 0.2) is 57.9 Å². The smallest absolute Gasteiger partial charge is 0.344 e. The molecule has 0 aliphatic heterocycles. The van der Waals surface area contributed by atoms with E-state index in [0.29, 0.717) is 30.2 Å². The summed E-state index contributed by atoms with van der Waals surface area (Å²) in [6, 6.07) is 13.1. The third-order valence-corrected chi connectivity index (χ3v) is 5.90. The predicted molar refractivity (Wildman–Crippen MR) is 129 cm³/mol. The summed E-state index contributed by atoms with van der Waals surface area (Å²) in [5.74, 6) is 0.221. The molecule has 0 N–H and O–H groups in total. The van der Waals surface area contributed by atoms with Gasteiger partial charge in [0.25, 0.3) is 5.88 Å². The van der Waals surface area contributed by atoms with Crippen LogP contribution in [0.5, 0.6) is 5.88 Å². The van der Waals surface area contributed by atoms with Gasteiger partial charge in [-0.05, 0) is 50.8 Å². The lowest BCUT2D eigenvalue weighted by Gasteiger charge is -2.20. The van der Waals surface area contributed by atoms with Crippen LogP contribution in [0.4, 0.5) is 0 Å². The van der Waals surface area contributed by atoms with Crippen LogP contribution in [-0.2, 0) is 9.53 Å². The van der Waals surface area contributed by atoms with Gasteiger partial charge in [0.05, 0.1) is 24.2 Å². The number of pyridine rings is 1. The van der Waals surface area contributed by atoms with Crippen LogP contribution < -0.4 is 10.4 Å². The van der Waals surface area contributed by atoms with Crippen molar-refractivity contribution in [1.82, 2.24) is 4.98 Å². The fourth-order valence-electron chi connectivity index (χ4n) is 3.35. The molecule has 0 bridgehead atoms. The van der Waals surface area contributed by atoms with Gasteiger partial charge in [0.2, 0.25) is 0 Å². The molecule has 2 aromatic heterocycles. The normalized spacial score (nSPS) is 11.5. The van der Waals surface area contributed by atoms with Gasteiger partial charge in [0.1, 0.15) is 0 Å². The average Bonchev–Trinajstić information content (AvgIpc) is 2.83. The van der Waals surface area contributed by atoms with Crippen molar-refractivity contribution >= 4 is 16.9 Å². The second kappa shape index (κ2) is 11.6. The van der Waals surface area contributed by atoms with Crippen molar-refractivity contribution in [3.63, 3.8) is 0 Å². The Balaban J connectivity index is 1.43. The van der Waals surface area contributed by atoms with E-state index in [4.69, 9.17) is 13.9 Å². The number of benzene rings is 1. The summed E-state index contributed by atoms with van der Waals surface area (Å²) in [6.45, 7) is 6.78. The molecule has 0 aliphatic carbocycles. The summed E-state index contributed by atoms with van der Waals surface area (Å²) in [5.41, 5.74) is 0.893. The molecule has 0 fully saturated rings. The van der Waals surface area contributed by atoms with Crippen molar-refractivity contribution in [3.8, 4) is 17.0 Å². The zero-order valence-electron chi connectivity index (χ0n) is 19.8. The number of esters is 1. The fourth-order valence-corrected chi connectivity index (χ4v) is 3.35. The summed E-state index contributed by atoms with van der Waals surface area (Å²) < 4.78 is 16.7. The van der Waals surface area contributed by atoms with Gasteiger partial charge in [0, 0.05) is 11.6 Å². The number of hydrogen-bond donors (Lipinski definition) is 0. The topological polar surface area (TPSA) is 78.6 Å². The molecule has 0 radical (unpaired) electrons. The Morgan fingerprint density at radius 2 is 1.70 bits per heavy atom. The molecule has 0 saturated carbocycles. The molecular formula is C27H33NO5. The molecule has 0 unspecified atom stereocenters. The van der Waals surface area contributed by atoms with Gasteiger partial charge in [0.15, 0.2) is 5.58 Å². The van der Waals surface area contributed by atoms with E-state index in [1.54, 1.807) is 6.20 Å². The van der Waals surface area contributed by atoms with Gasteiger partial charge >= 0.3 is 11.6 Å². The Kier molecular flexibility index (Phi) is 8.64. The van der Waals surface area contributed by atoms with Gasteiger partial charge in [-0.1, -0.05) is 56.5 Å². The largest absolute Gasteiger partial charge is 0.475 e. The van der Waals surface area contributed by atoms with Crippen molar-refractivity contribution in [2.24, 2.45) is 5.41 Å². The summed E-state index contributed by atoms with van der Waals surface area (Å²) in [5, 5.41) is 0.777. The number of ether oxygens (including phenoxy) is 2. The average molecular weight is 452 g/mol. The number of fused-ring (bicyclic) bond motifs is 1. The molecule has 3 rings (SSSR count). The Hall–Kier alpha value is -3.15. The molecule has 0 amide bonds. The van der Waals surface area contributed by atoms with E-state index in [1.165, 1.54) is 0 Å². The molecule has 0 atom stereocenters. The van der Waals surface area contributed by atoms with Gasteiger partial charge in [-0.15, -0.1) is 0 Å². The molecule has 0 aliphatic rings. The first-order valence-electron chi connectivity index (χ1n) is 11.7. The molecule has 0 spiro atoms. The Labute approximate surface area is 194 Å². The van der Waals surface area contributed by atoms with E-state index in [-0.39, 0.29) is 5.97 Å². The van der Waals surface area contributed by atoms with Gasteiger partial charge < -0.3 is 13.9 Å². The van der Waals surface area contributed by atoms with Gasteiger partial charge in [-0.3, -0.25) is 4.79 Å². The number of rotatable bonds is 12. The Morgan fingerprint density at radius 1 is 1.00 bits per heavy atom. The number of nitrogens with zero attached hydrogens (tertiary/aromatic N) is 1. The zero-order valence-corrected chi connectivity index (χ0v) is 19.8. The van der Waals surface area contributed by atoms with Gasteiger partial charge in [-0.25, -0.2) is 9.78 Å². The second-order valence-electron chi connectivity index (χ2n) is 8.84. The minimum absolute atomic E-state index is 0.122. The lowest BCUT2D eigenvalue weighted by Crippen LogP contribution is -2.26. The summed E-state index contributed by atoms with van der Waals surface area (Å²) in [7, 11) is 0. The fraction of sp³-hybridized carbons (Fsp3) is 0.444. The van der Waals surface area contributed by atoms with E-state index in [1.807, 2.05) is 63.2 Å². The van der Waals surface area contributed by atoms with Crippen LogP contribution in [0, 0.1) is 5.41 Å². The molecule has 6 nitrogen and oxygen atoms in total. The molecule has 3 aromatic rings. The van der Waals surface area contributed by atoms with Crippen molar-refractivity contribution in [3.05, 3.63) is 59.1 Å². The number of aromatic nitrogens is 1. The van der Waals surface area contributed by atoms with Crippen LogP contribution in [0.3, 0.4) is 0 Å². The standard InChI is InChI=1S/C27H33NO5/c1-4-27(2,3)26(30)32-18-12-7-5-6-11-17-31-24-23-21(15-16-28-24)19-22(25(29)33-23)20-13-9-8-10-14-20/h8-10,13-16,19H,4-7,11-12,17-18H2,1-3H3. The van der Waals surface area contributed by atoms with E-state index >= 15 is 0 Å². The summed E-state index contributed by atoms with van der Waals surface area (Å²) in [6.07, 6.45) is 7.21. The zero-order chi connectivity index (χ0) is 23.7. The molecule has 176 valence electrons. The van der Waals surface area contributed by atoms with Crippen molar-refractivity contribution in [2.75, 3.05) is 13.2 Å². The van der Waals surface area contributed by atoms with E-state index in [0.717, 1.165) is 49.5 Å². The summed E-state index contributed by atoms with van der Waals surface area (Å²) >= 11 is 0. The van der Waals surface area contributed by atoms with Crippen LogP contribution >= 0.6 is 0 Å². The van der Waals surface area contributed by atoms with Crippen LogP contribution in [0.2, 0.25) is 0 Å². The first-order valence-corrected chi connectivity index (χ1v) is 11.7. The Morgan fingerprint density at radius 3 is 2.42 bits per heavy atom. The molecule has 0 saturated heterocycles. The van der Waals surface area contributed by atoms with Crippen molar-refractivity contribution in [2.45, 2.75) is 59.3 Å². The van der Waals surface area contributed by atoms with Crippen molar-refractivity contribution < 1.29 is 18.7 Å². The maximum atomic E-state index is 12.5. The van der Waals surface area contributed by atoms with Crippen LogP contribution in [0.25, 0.3) is 22.1 Å². The highest BCUT2D eigenvalue weighted by Crippen LogP contribution is 2.26. The number of carbonyl (C=O) groups excluding carboxylic acids is 1. The highest BCUT2D eigenvalue weighted by Gasteiger charge is 2.26. The minimum Gasteiger partial charge on any atom is -0.475 e. The predicted octanol–water partition coefficient (Wildman–Crippen LogP) is 6.16. The third kappa shape index (κ3) is 6.67. The molecule has 1 aromatic carbocycles. The quantitative estimate of drug-likeness (QED) is 0.242. The number of unbranched alkanes of at least 4 members (excludes halogenated alkanes) is 4. The van der Waals surface area contributed by atoms with Crippen molar-refractivity contribution in [1.29, 1.82) is 0 Å². The monoisotopic (exact) mass is 451 g/mol. The number of hydrogen-bond acceptors (Lipinski definition) is 6. The van der Waals surface area contributed by atoms with Crippen LogP contribution in [-0.4, -0.2) is 24.2 Å². The molecule has 2 heterocycles. The maximum absolute atomic E-state index is 12.5. The summed E-state index contributed by atoms with van der Waals surface area (Å²) in [4.78, 5) is 28.7. The highest BCUT2D eigenvalue weighted by atomic mass is 16.5. The van der Waals surface area contributed by atoms with Gasteiger partial charge in [-0.2, -0.15) is 0 Å². The third-order valence-electron chi connectivity index (χ3n) is 5.90. The molecular weight excluding hydrogens is 418 g/mol. The first-order chi connectivity index (χ1) is 15.9. The van der Waals surface area contributed by atoms with E-state index in [2.05, 4.69) is 4.98 Å². The lowest BCUT2D eigenvalue weighted by molar-refractivity contribution is -0.154. The van der Waals surface area contributed by atoms with E-state index < -0.39 is 11.0 Å². The molecule has 6 heteroatoms. The minimum atomic E-state index is -0.408. The lowest BCUT2D eigenvalue weighted by atomic mass is 9.91.